The molecule has 1 atom stereocenters. The van der Waals surface area contributed by atoms with E-state index in [0.717, 1.165) is 11.4 Å². The number of halogens is 6. The number of aliphatic imine (C=N–C) groups is 1. The summed E-state index contributed by atoms with van der Waals surface area (Å²) in [5.74, 6) is -2.27. The summed E-state index contributed by atoms with van der Waals surface area (Å²) in [6.07, 6.45) is -13.0. The second kappa shape index (κ2) is 5.99. The number of alkyl halides is 6. The topological polar surface area (TPSA) is 50.7 Å². The van der Waals surface area contributed by atoms with Crippen molar-refractivity contribution in [2.75, 3.05) is 6.61 Å². The fraction of sp³-hybridized carbons (Fsp3) is 0.429. The molecule has 1 N–H and O–H groups in total. The Morgan fingerprint density at radius 2 is 1.75 bits per heavy atom. The van der Waals surface area contributed by atoms with Gasteiger partial charge in [-0.1, -0.05) is 18.2 Å². The first kappa shape index (κ1) is 18.1. The van der Waals surface area contributed by atoms with E-state index >= 15 is 0 Å². The molecule has 1 amide bonds. The molecule has 0 fully saturated rings. The summed E-state index contributed by atoms with van der Waals surface area (Å²) < 4.78 is 85.6. The molecule has 1 unspecified atom stereocenters. The van der Waals surface area contributed by atoms with Gasteiger partial charge in [0.2, 0.25) is 5.54 Å². The van der Waals surface area contributed by atoms with Gasteiger partial charge in [-0.3, -0.25) is 10.3 Å². The van der Waals surface area contributed by atoms with Gasteiger partial charge in [0.25, 0.3) is 0 Å². The number of para-hydroxylation sites is 1. The Hall–Kier alpha value is -2.26. The van der Waals surface area contributed by atoms with E-state index in [0.29, 0.717) is 6.21 Å². The zero-order valence-corrected chi connectivity index (χ0v) is 12.2. The van der Waals surface area contributed by atoms with Crippen LogP contribution in [0.5, 0.6) is 0 Å². The standard InChI is InChI=1S/C14H12F6N2O2/c1-2-24-11(23)22-12(13(15,16)17,14(18,19)20)9-7-21-10-6-4-3-5-8(9)10/h3-7,9H,2H2,1H3,(H,22,23). The molecule has 1 aromatic rings. The molecule has 132 valence electrons. The predicted octanol–water partition coefficient (Wildman–Crippen LogP) is 4.10. The van der Waals surface area contributed by atoms with E-state index in [1.807, 2.05) is 0 Å². The number of nitrogens with zero attached hydrogens (tertiary/aromatic N) is 1. The maximum absolute atomic E-state index is 13.6. The van der Waals surface area contributed by atoms with Crippen LogP contribution in [0, 0.1) is 0 Å². The number of benzene rings is 1. The van der Waals surface area contributed by atoms with Gasteiger partial charge in [0.05, 0.1) is 18.2 Å². The molecule has 0 saturated carbocycles. The fourth-order valence-electron chi connectivity index (χ4n) is 2.51. The Labute approximate surface area is 132 Å². The molecule has 0 radical (unpaired) electrons. The molecule has 0 saturated heterocycles. The highest BCUT2D eigenvalue weighted by molar-refractivity contribution is 5.84. The Kier molecular flexibility index (Phi) is 4.51. The summed E-state index contributed by atoms with van der Waals surface area (Å²) in [7, 11) is 0. The lowest BCUT2D eigenvalue weighted by Gasteiger charge is -2.40. The van der Waals surface area contributed by atoms with E-state index in [4.69, 9.17) is 0 Å². The Balaban J connectivity index is 2.63. The number of amides is 1. The van der Waals surface area contributed by atoms with E-state index in [2.05, 4.69) is 9.73 Å². The quantitative estimate of drug-likeness (QED) is 0.831. The fourth-order valence-corrected chi connectivity index (χ4v) is 2.51. The molecular weight excluding hydrogens is 342 g/mol. The molecule has 0 aliphatic carbocycles. The van der Waals surface area contributed by atoms with Gasteiger partial charge in [-0.25, -0.2) is 4.79 Å². The van der Waals surface area contributed by atoms with Crippen molar-refractivity contribution in [2.24, 2.45) is 4.99 Å². The average Bonchev–Trinajstić information content (AvgIpc) is 2.86. The lowest BCUT2D eigenvalue weighted by Crippen LogP contribution is -2.70. The number of alkyl carbamates (subject to hydrolysis) is 1. The highest BCUT2D eigenvalue weighted by Crippen LogP contribution is 2.53. The monoisotopic (exact) mass is 354 g/mol. The van der Waals surface area contributed by atoms with Crippen molar-refractivity contribution in [3.05, 3.63) is 29.8 Å². The van der Waals surface area contributed by atoms with Crippen LogP contribution in [-0.2, 0) is 4.74 Å². The zero-order valence-electron chi connectivity index (χ0n) is 12.2. The third-order valence-corrected chi connectivity index (χ3v) is 3.57. The number of ether oxygens (including phenoxy) is 1. The van der Waals surface area contributed by atoms with Crippen molar-refractivity contribution in [3.8, 4) is 0 Å². The number of carbonyl (C=O) groups is 1. The van der Waals surface area contributed by atoms with Crippen LogP contribution in [0.3, 0.4) is 0 Å². The van der Waals surface area contributed by atoms with Gasteiger partial charge in [0, 0.05) is 6.21 Å². The van der Waals surface area contributed by atoms with Crippen LogP contribution in [-0.4, -0.2) is 36.8 Å². The van der Waals surface area contributed by atoms with E-state index in [1.54, 1.807) is 0 Å². The lowest BCUT2D eigenvalue weighted by molar-refractivity contribution is -0.306. The van der Waals surface area contributed by atoms with Crippen LogP contribution in [0.25, 0.3) is 0 Å². The van der Waals surface area contributed by atoms with Gasteiger partial charge < -0.3 is 4.74 Å². The summed E-state index contributed by atoms with van der Waals surface area (Å²) >= 11 is 0. The van der Waals surface area contributed by atoms with Crippen LogP contribution in [0.1, 0.15) is 18.4 Å². The molecule has 0 bridgehead atoms. The third-order valence-electron chi connectivity index (χ3n) is 3.57. The van der Waals surface area contributed by atoms with E-state index in [1.165, 1.54) is 25.1 Å². The van der Waals surface area contributed by atoms with Gasteiger partial charge in [0.15, 0.2) is 0 Å². The summed E-state index contributed by atoms with van der Waals surface area (Å²) in [4.78, 5) is 15.1. The number of carbonyl (C=O) groups excluding carboxylic acids is 1. The van der Waals surface area contributed by atoms with Crippen LogP contribution >= 0.6 is 0 Å². The zero-order chi connectivity index (χ0) is 18.2. The van der Waals surface area contributed by atoms with Crippen LogP contribution < -0.4 is 5.32 Å². The van der Waals surface area contributed by atoms with Crippen molar-refractivity contribution < 1.29 is 35.9 Å². The summed E-state index contributed by atoms with van der Waals surface area (Å²) in [6, 6.07) is 5.11. The molecule has 1 aliphatic rings. The second-order valence-corrected chi connectivity index (χ2v) is 4.96. The van der Waals surface area contributed by atoms with E-state index < -0.39 is 29.9 Å². The first-order chi connectivity index (χ1) is 11.0. The van der Waals surface area contributed by atoms with Gasteiger partial charge in [-0.15, -0.1) is 0 Å². The maximum atomic E-state index is 13.6. The van der Waals surface area contributed by atoms with Gasteiger partial charge in [0.1, 0.15) is 0 Å². The smallest absolute Gasteiger partial charge is 0.421 e. The van der Waals surface area contributed by atoms with Gasteiger partial charge >= 0.3 is 18.4 Å². The predicted molar refractivity (Wildman–Crippen MR) is 72.3 cm³/mol. The van der Waals surface area contributed by atoms with Gasteiger partial charge in [-0.05, 0) is 18.6 Å². The van der Waals surface area contributed by atoms with Crippen molar-refractivity contribution in [2.45, 2.75) is 30.7 Å². The molecule has 1 aliphatic heterocycles. The van der Waals surface area contributed by atoms with E-state index in [9.17, 15) is 31.1 Å². The first-order valence-electron chi connectivity index (χ1n) is 6.76. The number of hydrogen-bond acceptors (Lipinski definition) is 3. The van der Waals surface area contributed by atoms with Crippen molar-refractivity contribution >= 4 is 18.0 Å². The molecule has 4 nitrogen and oxygen atoms in total. The molecular formula is C14H12F6N2O2. The molecule has 24 heavy (non-hydrogen) atoms. The minimum absolute atomic E-state index is 0.0222. The largest absolute Gasteiger partial charge is 0.450 e. The van der Waals surface area contributed by atoms with Crippen LogP contribution in [0.4, 0.5) is 36.8 Å². The summed E-state index contributed by atoms with van der Waals surface area (Å²) in [5.41, 5.74) is -4.86. The Morgan fingerprint density at radius 3 is 2.29 bits per heavy atom. The number of nitrogens with one attached hydrogen (secondary N) is 1. The Bertz CT molecular complexity index is 639. The molecule has 2 rings (SSSR count). The van der Waals surface area contributed by atoms with E-state index in [-0.39, 0.29) is 17.9 Å². The van der Waals surface area contributed by atoms with Crippen molar-refractivity contribution in [1.29, 1.82) is 0 Å². The minimum atomic E-state index is -5.84. The average molecular weight is 354 g/mol. The maximum Gasteiger partial charge on any atom is 0.421 e. The number of rotatable bonds is 3. The van der Waals surface area contributed by atoms with Crippen LogP contribution in [0.2, 0.25) is 0 Å². The van der Waals surface area contributed by atoms with Gasteiger partial charge in [-0.2, -0.15) is 26.3 Å². The molecule has 0 aromatic heterocycles. The molecule has 0 spiro atoms. The molecule has 1 heterocycles. The molecule has 1 aromatic carbocycles. The van der Waals surface area contributed by atoms with Crippen LogP contribution in [0.15, 0.2) is 29.3 Å². The summed E-state index contributed by atoms with van der Waals surface area (Å²) in [6.45, 7) is 0.877. The minimum Gasteiger partial charge on any atom is -0.450 e. The summed E-state index contributed by atoms with van der Waals surface area (Å²) in [5, 5.41) is 0.992. The third kappa shape index (κ3) is 2.80. The molecule has 10 heteroatoms. The van der Waals surface area contributed by atoms with Crippen molar-refractivity contribution in [1.82, 2.24) is 5.32 Å². The Morgan fingerprint density at radius 1 is 1.17 bits per heavy atom. The number of fused-ring (bicyclic) bond motifs is 1. The van der Waals surface area contributed by atoms with Crippen molar-refractivity contribution in [3.63, 3.8) is 0 Å². The first-order valence-corrected chi connectivity index (χ1v) is 6.76. The SMILES string of the molecule is CCOC(=O)NC(C1C=Nc2ccccc21)(C(F)(F)F)C(F)(F)F. The second-order valence-electron chi connectivity index (χ2n) is 4.96. The number of hydrogen-bond donors (Lipinski definition) is 1. The lowest BCUT2D eigenvalue weighted by atomic mass is 9.79. The highest BCUT2D eigenvalue weighted by Gasteiger charge is 2.76. The highest BCUT2D eigenvalue weighted by atomic mass is 19.4. The normalized spacial score (nSPS) is 17.5.